The largest absolute Gasteiger partial charge is 0.573 e. The third-order valence-corrected chi connectivity index (χ3v) is 4.14. The van der Waals surface area contributed by atoms with Crippen LogP contribution in [-0.4, -0.2) is 23.3 Å². The molecule has 2 N–H and O–H groups in total. The van der Waals surface area contributed by atoms with Crippen molar-refractivity contribution in [3.63, 3.8) is 0 Å². The lowest BCUT2D eigenvalue weighted by molar-refractivity contribution is -0.274. The first-order chi connectivity index (χ1) is 14.7. The van der Waals surface area contributed by atoms with Crippen molar-refractivity contribution in [2.75, 3.05) is 5.32 Å². The number of carbonyl (C=O) groups is 2. The third kappa shape index (κ3) is 6.20. The molecule has 5 nitrogen and oxygen atoms in total. The van der Waals surface area contributed by atoms with Gasteiger partial charge in [0.1, 0.15) is 5.75 Å². The summed E-state index contributed by atoms with van der Waals surface area (Å²) < 4.78 is 40.5. The molecule has 0 saturated carbocycles. The summed E-state index contributed by atoms with van der Waals surface area (Å²) in [5.74, 6) is -1.98. The molecule has 0 saturated heterocycles. The highest BCUT2D eigenvalue weighted by Gasteiger charge is 2.30. The fraction of sp³-hybridized carbons (Fsp3) is 0.0435. The van der Waals surface area contributed by atoms with E-state index in [4.69, 9.17) is 0 Å². The number of ether oxygens (including phenoxy) is 1. The maximum absolute atomic E-state index is 12.4. The van der Waals surface area contributed by atoms with Crippen molar-refractivity contribution in [1.29, 1.82) is 0 Å². The maximum atomic E-state index is 12.4. The molecule has 0 radical (unpaired) electrons. The van der Waals surface area contributed by atoms with E-state index in [0.717, 1.165) is 0 Å². The van der Waals surface area contributed by atoms with Crippen molar-refractivity contribution >= 4 is 29.7 Å². The second-order valence-corrected chi connectivity index (χ2v) is 6.38. The van der Waals surface area contributed by atoms with Gasteiger partial charge in [-0.25, -0.2) is 4.79 Å². The SMILES string of the molecule is O=C(Nc1cc(/C=C/c2ccc(OC(F)(F)F)cc2)ccc1C(=O)O)c1ccccc1. The van der Waals surface area contributed by atoms with E-state index in [1.165, 1.54) is 36.4 Å². The van der Waals surface area contributed by atoms with E-state index in [-0.39, 0.29) is 17.0 Å². The Kier molecular flexibility index (Phi) is 6.40. The number of anilines is 1. The number of alkyl halides is 3. The summed E-state index contributed by atoms with van der Waals surface area (Å²) in [5, 5.41) is 12.0. The number of carboxylic acid groups (broad SMARTS) is 1. The molecule has 0 aromatic heterocycles. The maximum Gasteiger partial charge on any atom is 0.573 e. The van der Waals surface area contributed by atoms with Crippen LogP contribution >= 0.6 is 0 Å². The standard InChI is InChI=1S/C23H16F3NO4/c24-23(25,26)31-18-11-8-15(9-12-18)6-7-16-10-13-19(22(29)30)20(14-16)27-21(28)17-4-2-1-3-5-17/h1-14H,(H,27,28)(H,29,30)/b7-6+. The predicted molar refractivity (Wildman–Crippen MR) is 110 cm³/mol. The van der Waals surface area contributed by atoms with E-state index in [1.807, 2.05) is 0 Å². The van der Waals surface area contributed by atoms with E-state index < -0.39 is 18.2 Å². The van der Waals surface area contributed by atoms with Crippen LogP contribution in [0.1, 0.15) is 31.8 Å². The zero-order chi connectivity index (χ0) is 22.4. The Morgan fingerprint density at radius 1 is 0.871 bits per heavy atom. The molecule has 0 unspecified atom stereocenters. The molecule has 0 aliphatic carbocycles. The topological polar surface area (TPSA) is 75.6 Å². The van der Waals surface area contributed by atoms with Gasteiger partial charge in [0.15, 0.2) is 0 Å². The van der Waals surface area contributed by atoms with Crippen LogP contribution < -0.4 is 10.1 Å². The zero-order valence-corrected chi connectivity index (χ0v) is 15.9. The molecule has 158 valence electrons. The van der Waals surface area contributed by atoms with Crippen LogP contribution in [0.4, 0.5) is 18.9 Å². The number of hydrogen-bond donors (Lipinski definition) is 2. The lowest BCUT2D eigenvalue weighted by atomic mass is 10.1. The summed E-state index contributed by atoms with van der Waals surface area (Å²) in [6, 6.07) is 18.0. The van der Waals surface area contributed by atoms with E-state index in [0.29, 0.717) is 16.7 Å². The Morgan fingerprint density at radius 3 is 2.10 bits per heavy atom. The normalized spacial score (nSPS) is 11.3. The molecule has 0 spiro atoms. The smallest absolute Gasteiger partial charge is 0.478 e. The van der Waals surface area contributed by atoms with Gasteiger partial charge in [-0.1, -0.05) is 48.6 Å². The van der Waals surface area contributed by atoms with Crippen molar-refractivity contribution in [3.8, 4) is 5.75 Å². The Hall–Kier alpha value is -4.07. The van der Waals surface area contributed by atoms with Crippen LogP contribution in [0.2, 0.25) is 0 Å². The van der Waals surface area contributed by atoms with Crippen LogP contribution in [0.3, 0.4) is 0 Å². The van der Waals surface area contributed by atoms with Gasteiger partial charge >= 0.3 is 12.3 Å². The molecule has 0 atom stereocenters. The van der Waals surface area contributed by atoms with Crippen LogP contribution in [0.5, 0.6) is 5.75 Å². The first kappa shape index (κ1) is 21.6. The summed E-state index contributed by atoms with van der Waals surface area (Å²) in [6.07, 6.45) is -1.48. The molecule has 0 heterocycles. The summed E-state index contributed by atoms with van der Waals surface area (Å²) in [5.41, 5.74) is 1.61. The highest BCUT2D eigenvalue weighted by atomic mass is 19.4. The third-order valence-electron chi connectivity index (χ3n) is 4.14. The van der Waals surface area contributed by atoms with E-state index in [9.17, 15) is 27.9 Å². The molecule has 0 aliphatic heterocycles. The number of aromatic carboxylic acids is 1. The summed E-state index contributed by atoms with van der Waals surface area (Å²) in [7, 11) is 0. The molecule has 8 heteroatoms. The first-order valence-corrected chi connectivity index (χ1v) is 8.99. The van der Waals surface area contributed by atoms with Gasteiger partial charge in [0.05, 0.1) is 11.3 Å². The van der Waals surface area contributed by atoms with Gasteiger partial charge in [0.2, 0.25) is 0 Å². The van der Waals surface area contributed by atoms with Gasteiger partial charge in [-0.15, -0.1) is 13.2 Å². The average Bonchev–Trinajstić information content (AvgIpc) is 2.72. The lowest BCUT2D eigenvalue weighted by Crippen LogP contribution is -2.16. The Balaban J connectivity index is 1.80. The first-order valence-electron chi connectivity index (χ1n) is 8.99. The molecule has 1 amide bonds. The summed E-state index contributed by atoms with van der Waals surface area (Å²) in [6.45, 7) is 0. The molecule has 3 aromatic carbocycles. The fourth-order valence-electron chi connectivity index (χ4n) is 2.71. The fourth-order valence-corrected chi connectivity index (χ4v) is 2.71. The number of amides is 1. The highest BCUT2D eigenvalue weighted by molar-refractivity contribution is 6.08. The van der Waals surface area contributed by atoms with Gasteiger partial charge in [-0.05, 0) is 47.5 Å². The number of nitrogens with one attached hydrogen (secondary N) is 1. The number of halogens is 3. The van der Waals surface area contributed by atoms with Crippen LogP contribution in [-0.2, 0) is 0 Å². The van der Waals surface area contributed by atoms with Gasteiger partial charge in [0, 0.05) is 5.56 Å². The Bertz CT molecular complexity index is 1110. The minimum Gasteiger partial charge on any atom is -0.478 e. The van der Waals surface area contributed by atoms with Gasteiger partial charge in [0.25, 0.3) is 5.91 Å². The monoisotopic (exact) mass is 427 g/mol. The van der Waals surface area contributed by atoms with Gasteiger partial charge in [-0.2, -0.15) is 0 Å². The lowest BCUT2D eigenvalue weighted by Gasteiger charge is -2.10. The van der Waals surface area contributed by atoms with E-state index in [1.54, 1.807) is 48.6 Å². The summed E-state index contributed by atoms with van der Waals surface area (Å²) >= 11 is 0. The number of hydrogen-bond acceptors (Lipinski definition) is 3. The number of carbonyl (C=O) groups excluding carboxylic acids is 1. The number of rotatable bonds is 6. The predicted octanol–water partition coefficient (Wildman–Crippen LogP) is 5.71. The summed E-state index contributed by atoms with van der Waals surface area (Å²) in [4.78, 5) is 23.9. The molecule has 0 fully saturated rings. The van der Waals surface area contributed by atoms with Crippen molar-refractivity contribution in [2.45, 2.75) is 6.36 Å². The second kappa shape index (κ2) is 9.17. The van der Waals surface area contributed by atoms with Gasteiger partial charge < -0.3 is 15.2 Å². The minimum absolute atomic E-state index is 0.0740. The molecular formula is C23H16F3NO4. The average molecular weight is 427 g/mol. The quantitative estimate of drug-likeness (QED) is 0.495. The molecule has 31 heavy (non-hydrogen) atoms. The van der Waals surface area contributed by atoms with E-state index >= 15 is 0 Å². The van der Waals surface area contributed by atoms with Crippen LogP contribution in [0, 0.1) is 0 Å². The van der Waals surface area contributed by atoms with Gasteiger partial charge in [-0.3, -0.25) is 4.79 Å². The van der Waals surface area contributed by atoms with Crippen LogP contribution in [0.25, 0.3) is 12.2 Å². The Labute approximate surface area is 175 Å². The Morgan fingerprint density at radius 2 is 1.48 bits per heavy atom. The number of carboxylic acids is 1. The molecule has 3 rings (SSSR count). The van der Waals surface area contributed by atoms with Crippen molar-refractivity contribution in [2.24, 2.45) is 0 Å². The molecule has 3 aromatic rings. The molecular weight excluding hydrogens is 411 g/mol. The van der Waals surface area contributed by atoms with Crippen molar-refractivity contribution in [1.82, 2.24) is 0 Å². The zero-order valence-electron chi connectivity index (χ0n) is 15.9. The van der Waals surface area contributed by atoms with E-state index in [2.05, 4.69) is 10.1 Å². The van der Waals surface area contributed by atoms with Crippen molar-refractivity contribution in [3.05, 3.63) is 95.1 Å². The number of benzene rings is 3. The molecule has 0 aliphatic rings. The van der Waals surface area contributed by atoms with Crippen molar-refractivity contribution < 1.29 is 32.6 Å². The molecule has 0 bridgehead atoms. The highest BCUT2D eigenvalue weighted by Crippen LogP contribution is 2.24. The minimum atomic E-state index is -4.76. The second-order valence-electron chi connectivity index (χ2n) is 6.38. The van der Waals surface area contributed by atoms with Crippen LogP contribution in [0.15, 0.2) is 72.8 Å².